The van der Waals surface area contributed by atoms with Gasteiger partial charge in [0.25, 0.3) is 0 Å². The third-order valence-corrected chi connectivity index (χ3v) is 0.648. The van der Waals surface area contributed by atoms with Crippen LogP contribution in [0.25, 0.3) is 0 Å². The van der Waals surface area contributed by atoms with Crippen molar-refractivity contribution in [3.05, 3.63) is 0 Å². The van der Waals surface area contributed by atoms with Gasteiger partial charge < -0.3 is 0 Å². The Bertz CT molecular complexity index is 162. The molecule has 0 aliphatic carbocycles. The number of hydrogen-bond donors (Lipinski definition) is 2. The van der Waals surface area contributed by atoms with Crippen molar-refractivity contribution in [1.29, 1.82) is 0 Å². The number of rotatable bonds is 0. The number of amides is 4. The maximum atomic E-state index is 10.2. The monoisotopic (exact) mass is 114 g/mol. The molecule has 0 radical (unpaired) electrons. The summed E-state index contributed by atoms with van der Waals surface area (Å²) in [5.41, 5.74) is 0. The molecule has 5 nitrogen and oxygen atoms in total. The topological polar surface area (TPSA) is 75.1 Å². The Kier molecular flexibility index (Phi) is 1.05. The fourth-order valence-electron chi connectivity index (χ4n) is 0.352. The lowest BCUT2D eigenvalue weighted by Gasteiger charge is -1.96. The average molecular weight is 114 g/mol. The van der Waals surface area contributed by atoms with Crippen LogP contribution in [-0.2, 0) is 0 Å². The van der Waals surface area contributed by atoms with Gasteiger partial charge in [-0.3, -0.25) is 0 Å². The Morgan fingerprint density at radius 2 is 2.38 bits per heavy atom. The molecule has 0 aromatic heterocycles. The van der Waals surface area contributed by atoms with Crippen molar-refractivity contribution in [2.75, 3.05) is 0 Å². The van der Waals surface area contributed by atoms with Gasteiger partial charge in [-0.05, 0) is 0 Å². The van der Waals surface area contributed by atoms with E-state index in [4.69, 9.17) is 0 Å². The fraction of sp³-hybridized carbons (Fsp3) is 0. The zero-order valence-corrected chi connectivity index (χ0v) is 3.92. The lowest BCUT2D eigenvalue weighted by Crippen LogP contribution is -2.91. The van der Waals surface area contributed by atoms with Crippen LogP contribution in [0, 0.1) is 0 Å². The molecule has 1 aliphatic rings. The van der Waals surface area contributed by atoms with Gasteiger partial charge in [0.15, 0.2) is 0 Å². The van der Waals surface area contributed by atoms with Crippen molar-refractivity contribution in [2.45, 2.75) is 0 Å². The summed E-state index contributed by atoms with van der Waals surface area (Å²) in [4.78, 5) is 23.5. The molecule has 0 unspecified atom stereocenters. The Hall–Kier alpha value is -1.23. The quantitative estimate of drug-likeness (QED) is 0.399. The Morgan fingerprint density at radius 1 is 1.62 bits per heavy atom. The van der Waals surface area contributed by atoms with E-state index in [1.165, 1.54) is 11.7 Å². The summed E-state index contributed by atoms with van der Waals surface area (Å²) in [6, 6.07) is -1.01. The molecule has 4 amide bonds. The van der Waals surface area contributed by atoms with Gasteiger partial charge in [0.1, 0.15) is 0 Å². The number of nitrogens with one attached hydrogen (secondary N) is 1. The summed E-state index contributed by atoms with van der Waals surface area (Å²) < 4.78 is 0. The molecule has 0 saturated heterocycles. The van der Waals surface area contributed by atoms with Crippen LogP contribution in [0.15, 0.2) is 4.99 Å². The van der Waals surface area contributed by atoms with Crippen LogP contribution in [0.5, 0.6) is 0 Å². The van der Waals surface area contributed by atoms with E-state index in [2.05, 4.69) is 4.99 Å². The van der Waals surface area contributed by atoms with Crippen LogP contribution in [0.4, 0.5) is 9.59 Å². The van der Waals surface area contributed by atoms with Gasteiger partial charge >= 0.3 is 12.1 Å². The lowest BCUT2D eigenvalue weighted by atomic mass is 10.8. The number of nitrogens with two attached hydrogens (primary N) is 1. The van der Waals surface area contributed by atoms with Gasteiger partial charge in [0, 0.05) is 0 Å². The first kappa shape index (κ1) is 4.92. The third-order valence-electron chi connectivity index (χ3n) is 0.648. The summed E-state index contributed by atoms with van der Waals surface area (Å²) in [6.45, 7) is 0. The van der Waals surface area contributed by atoms with Gasteiger partial charge in [-0.2, -0.15) is 0 Å². The zero-order chi connectivity index (χ0) is 5.98. The van der Waals surface area contributed by atoms with E-state index in [0.29, 0.717) is 0 Å². The number of hydrogen-bond acceptors (Lipinski definition) is 2. The smallest absolute Gasteiger partial charge is 0.245 e. The molecule has 42 valence electrons. The average Bonchev–Trinajstić information content (AvgIpc) is 1.64. The van der Waals surface area contributed by atoms with Crippen LogP contribution in [0.2, 0.25) is 0 Å². The molecule has 0 aromatic rings. The van der Waals surface area contributed by atoms with Crippen molar-refractivity contribution >= 4 is 18.4 Å². The van der Waals surface area contributed by atoms with Gasteiger partial charge in [0.05, 0.1) is 0 Å². The highest BCUT2D eigenvalue weighted by Gasteiger charge is 2.12. The van der Waals surface area contributed by atoms with E-state index >= 15 is 0 Å². The maximum Gasteiger partial charge on any atom is 0.427 e. The molecular formula is C3H4N3O2+. The summed E-state index contributed by atoms with van der Waals surface area (Å²) in [5, 5.41) is 3.13. The third kappa shape index (κ3) is 0.881. The standard InChI is InChI=1S/C3H3N3O2/c7-2-4-1-5-3(8)6-2/h1H,(H2,4,5,6,7,8)/p+1. The van der Waals surface area contributed by atoms with Gasteiger partial charge in [-0.25, -0.2) is 20.2 Å². The number of aliphatic imine (C=N–C) groups is 1. The molecule has 0 spiro atoms. The predicted octanol–water partition coefficient (Wildman–Crippen LogP) is -1.58. The number of carbonyl (C=O) groups excluding carboxylic acids is 2. The number of quaternary nitrogens is 1. The summed E-state index contributed by atoms with van der Waals surface area (Å²) >= 11 is 0. The molecule has 5 heteroatoms. The van der Waals surface area contributed by atoms with E-state index in [1.807, 2.05) is 5.32 Å². The van der Waals surface area contributed by atoms with Gasteiger partial charge in [-0.15, -0.1) is 4.99 Å². The summed E-state index contributed by atoms with van der Waals surface area (Å²) in [6.07, 6.45) is 1.17. The second kappa shape index (κ2) is 1.71. The first-order valence-electron chi connectivity index (χ1n) is 2.01. The molecule has 0 atom stereocenters. The Balaban J connectivity index is 2.68. The van der Waals surface area contributed by atoms with E-state index in [0.717, 1.165) is 0 Å². The van der Waals surface area contributed by atoms with Crippen molar-refractivity contribution < 1.29 is 14.9 Å². The van der Waals surface area contributed by atoms with Gasteiger partial charge in [0.2, 0.25) is 6.34 Å². The number of imide groups is 1. The second-order valence-electron chi connectivity index (χ2n) is 1.24. The number of primary amides is 1. The number of nitrogens with zero attached hydrogens (tertiary/aromatic N) is 1. The van der Waals surface area contributed by atoms with Crippen molar-refractivity contribution in [3.63, 3.8) is 0 Å². The number of carbonyl (C=O) groups is 2. The highest BCUT2D eigenvalue weighted by atomic mass is 16.2. The lowest BCUT2D eigenvalue weighted by molar-refractivity contribution is -0.420. The first-order valence-corrected chi connectivity index (χ1v) is 2.01. The maximum absolute atomic E-state index is 10.2. The molecule has 0 aromatic carbocycles. The summed E-state index contributed by atoms with van der Waals surface area (Å²) in [5.74, 6) is 0. The Morgan fingerprint density at radius 3 is 2.75 bits per heavy atom. The highest BCUT2D eigenvalue weighted by Crippen LogP contribution is 1.70. The van der Waals surface area contributed by atoms with E-state index in [-0.39, 0.29) is 0 Å². The van der Waals surface area contributed by atoms with Crippen molar-refractivity contribution in [1.82, 2.24) is 5.32 Å². The van der Waals surface area contributed by atoms with E-state index in [1.54, 1.807) is 0 Å². The normalized spacial score (nSPS) is 18.5. The fourth-order valence-corrected chi connectivity index (χ4v) is 0.352. The minimum absolute atomic E-state index is 0.412. The molecule has 0 bridgehead atoms. The van der Waals surface area contributed by atoms with Crippen LogP contribution in [0.1, 0.15) is 0 Å². The van der Waals surface area contributed by atoms with Gasteiger partial charge in [-0.1, -0.05) is 0 Å². The molecule has 8 heavy (non-hydrogen) atoms. The van der Waals surface area contributed by atoms with Crippen LogP contribution in [-0.4, -0.2) is 18.4 Å². The van der Waals surface area contributed by atoms with E-state index in [9.17, 15) is 9.59 Å². The second-order valence-corrected chi connectivity index (χ2v) is 1.24. The molecule has 0 saturated carbocycles. The van der Waals surface area contributed by atoms with E-state index < -0.39 is 12.1 Å². The van der Waals surface area contributed by atoms with Crippen LogP contribution in [0.3, 0.4) is 0 Å². The molecule has 0 fully saturated rings. The molecular weight excluding hydrogens is 110 g/mol. The molecule has 1 heterocycles. The largest absolute Gasteiger partial charge is 0.427 e. The molecule has 1 rings (SSSR count). The molecule has 3 N–H and O–H groups in total. The molecule has 1 aliphatic heterocycles. The zero-order valence-electron chi connectivity index (χ0n) is 3.92. The van der Waals surface area contributed by atoms with Crippen molar-refractivity contribution in [2.24, 2.45) is 4.99 Å². The van der Waals surface area contributed by atoms with Crippen molar-refractivity contribution in [3.8, 4) is 0 Å². The predicted molar refractivity (Wildman–Crippen MR) is 24.3 cm³/mol. The Labute approximate surface area is 44.8 Å². The number of urea groups is 2. The SMILES string of the molecule is O=C1N=C[NH2+]C(=O)N1. The van der Waals surface area contributed by atoms with Crippen LogP contribution < -0.4 is 10.6 Å². The van der Waals surface area contributed by atoms with Crippen LogP contribution >= 0.6 is 0 Å². The summed E-state index contributed by atoms with van der Waals surface area (Å²) in [7, 11) is 0. The first-order chi connectivity index (χ1) is 3.79. The highest BCUT2D eigenvalue weighted by molar-refractivity contribution is 5.96. The minimum Gasteiger partial charge on any atom is -0.245 e. The minimum atomic E-state index is -0.600.